The minimum absolute atomic E-state index is 0.0773. The summed E-state index contributed by atoms with van der Waals surface area (Å²) < 4.78 is 12.4. The van der Waals surface area contributed by atoms with E-state index in [1.54, 1.807) is 25.1 Å². The van der Waals surface area contributed by atoms with E-state index in [0.29, 0.717) is 36.1 Å². The first kappa shape index (κ1) is 20.4. The molecule has 0 atom stereocenters. The van der Waals surface area contributed by atoms with E-state index < -0.39 is 0 Å². The van der Waals surface area contributed by atoms with Gasteiger partial charge in [-0.3, -0.25) is 9.59 Å². The summed E-state index contributed by atoms with van der Waals surface area (Å²) in [4.78, 5) is 25.2. The molecular formula is C22H23N5O4. The summed E-state index contributed by atoms with van der Waals surface area (Å²) in [6.07, 6.45) is 0.794. The highest BCUT2D eigenvalue weighted by atomic mass is 16.6. The molecule has 0 saturated heterocycles. The third kappa shape index (κ3) is 4.50. The number of rotatable bonds is 6. The molecule has 2 aromatic carbocycles. The zero-order chi connectivity index (χ0) is 21.8. The number of aryl methyl sites for hydroxylation is 1. The van der Waals surface area contributed by atoms with Gasteiger partial charge in [0.1, 0.15) is 19.8 Å². The van der Waals surface area contributed by atoms with Gasteiger partial charge in [0, 0.05) is 17.4 Å². The Morgan fingerprint density at radius 3 is 2.65 bits per heavy atom. The smallest absolute Gasteiger partial charge is 0.278 e. The minimum Gasteiger partial charge on any atom is -0.486 e. The number of benzene rings is 2. The van der Waals surface area contributed by atoms with Gasteiger partial charge in [0.05, 0.1) is 5.69 Å². The molecule has 160 valence electrons. The molecule has 1 aliphatic rings. The summed E-state index contributed by atoms with van der Waals surface area (Å²) in [5.41, 5.74) is 3.03. The summed E-state index contributed by atoms with van der Waals surface area (Å²) in [6.45, 7) is 4.62. The lowest BCUT2D eigenvalue weighted by Crippen LogP contribution is -2.21. The Bertz CT molecular complexity index is 1120. The number of carbonyl (C=O) groups excluding carboxylic acids is 2. The van der Waals surface area contributed by atoms with E-state index in [9.17, 15) is 9.59 Å². The van der Waals surface area contributed by atoms with Crippen LogP contribution in [0.3, 0.4) is 0 Å². The molecular weight excluding hydrogens is 398 g/mol. The number of amides is 2. The van der Waals surface area contributed by atoms with Crippen molar-refractivity contribution >= 4 is 23.2 Å². The van der Waals surface area contributed by atoms with Crippen LogP contribution in [0.2, 0.25) is 0 Å². The van der Waals surface area contributed by atoms with Crippen molar-refractivity contribution in [2.45, 2.75) is 26.8 Å². The van der Waals surface area contributed by atoms with E-state index in [1.165, 1.54) is 4.68 Å². The van der Waals surface area contributed by atoms with Crippen molar-refractivity contribution in [2.24, 2.45) is 0 Å². The first-order valence-electron chi connectivity index (χ1n) is 10.0. The summed E-state index contributed by atoms with van der Waals surface area (Å²) in [5.74, 6) is 0.578. The van der Waals surface area contributed by atoms with Crippen LogP contribution in [-0.4, -0.2) is 40.0 Å². The van der Waals surface area contributed by atoms with Crippen molar-refractivity contribution < 1.29 is 19.1 Å². The third-order valence-corrected chi connectivity index (χ3v) is 4.96. The molecule has 1 aromatic heterocycles. The third-order valence-electron chi connectivity index (χ3n) is 4.96. The number of hydrogen-bond donors (Lipinski definition) is 2. The Kier molecular flexibility index (Phi) is 5.83. The molecule has 9 nitrogen and oxygen atoms in total. The molecule has 0 bridgehead atoms. The molecule has 9 heteroatoms. The van der Waals surface area contributed by atoms with Crippen LogP contribution in [0.4, 0.5) is 11.4 Å². The number of carbonyl (C=O) groups is 2. The molecule has 4 rings (SSSR count). The molecule has 2 amide bonds. The zero-order valence-electron chi connectivity index (χ0n) is 17.3. The molecule has 0 fully saturated rings. The Hall–Kier alpha value is -3.88. The summed E-state index contributed by atoms with van der Waals surface area (Å²) in [7, 11) is 0. The van der Waals surface area contributed by atoms with Crippen LogP contribution >= 0.6 is 0 Å². The number of ether oxygens (including phenoxy) is 2. The predicted octanol–water partition coefficient (Wildman–Crippen LogP) is 2.81. The van der Waals surface area contributed by atoms with Gasteiger partial charge in [-0.15, -0.1) is 5.10 Å². The lowest BCUT2D eigenvalue weighted by atomic mass is 10.1. The molecule has 2 N–H and O–H groups in total. The second kappa shape index (κ2) is 8.86. The fraction of sp³-hybridized carbons (Fsp3) is 0.273. The highest BCUT2D eigenvalue weighted by Crippen LogP contribution is 2.32. The molecule has 0 radical (unpaired) electrons. The van der Waals surface area contributed by atoms with E-state index in [4.69, 9.17) is 9.47 Å². The number of hydrogen-bond acceptors (Lipinski definition) is 6. The average molecular weight is 421 g/mol. The topological polar surface area (TPSA) is 107 Å². The van der Waals surface area contributed by atoms with E-state index in [-0.39, 0.29) is 24.1 Å². The van der Waals surface area contributed by atoms with Crippen LogP contribution in [0, 0.1) is 6.92 Å². The highest BCUT2D eigenvalue weighted by molar-refractivity contribution is 6.04. The summed E-state index contributed by atoms with van der Waals surface area (Å²) >= 11 is 0. The second-order valence-electron chi connectivity index (χ2n) is 7.05. The number of nitrogens with one attached hydrogen (secondary N) is 2. The van der Waals surface area contributed by atoms with Gasteiger partial charge in [-0.2, -0.15) is 0 Å². The normalized spacial score (nSPS) is 12.3. The SMILES string of the molecule is CCc1ccccc1NC(=O)c1nnn(CC(=O)Nc2ccc3c(c2)OCCO3)c1C. The fourth-order valence-electron chi connectivity index (χ4n) is 3.31. The van der Waals surface area contributed by atoms with Gasteiger partial charge in [0.2, 0.25) is 5.91 Å². The maximum atomic E-state index is 12.7. The lowest BCUT2D eigenvalue weighted by molar-refractivity contribution is -0.117. The molecule has 0 aliphatic carbocycles. The predicted molar refractivity (Wildman–Crippen MR) is 115 cm³/mol. The molecule has 1 aliphatic heterocycles. The molecule has 0 saturated carbocycles. The second-order valence-corrected chi connectivity index (χ2v) is 7.05. The lowest BCUT2D eigenvalue weighted by Gasteiger charge is -2.19. The highest BCUT2D eigenvalue weighted by Gasteiger charge is 2.19. The van der Waals surface area contributed by atoms with E-state index >= 15 is 0 Å². The van der Waals surface area contributed by atoms with Crippen LogP contribution in [0.25, 0.3) is 0 Å². The van der Waals surface area contributed by atoms with Crippen molar-refractivity contribution in [3.8, 4) is 11.5 Å². The Morgan fingerprint density at radius 1 is 1.06 bits per heavy atom. The van der Waals surface area contributed by atoms with Gasteiger partial charge in [-0.25, -0.2) is 4.68 Å². The number of nitrogens with zero attached hydrogens (tertiary/aromatic N) is 3. The first-order chi connectivity index (χ1) is 15.0. The standard InChI is InChI=1S/C22H23N5O4/c1-3-15-6-4-5-7-17(15)24-22(29)21-14(2)27(26-25-21)13-20(28)23-16-8-9-18-19(12-16)31-11-10-30-18/h4-9,12H,3,10-11,13H2,1-2H3,(H,23,28)(H,24,29). The maximum Gasteiger partial charge on any atom is 0.278 e. The number of fused-ring (bicyclic) bond motifs is 1. The summed E-state index contributed by atoms with van der Waals surface area (Å²) in [6, 6.07) is 12.8. The molecule has 2 heterocycles. The quantitative estimate of drug-likeness (QED) is 0.634. The van der Waals surface area contributed by atoms with Crippen molar-refractivity contribution in [1.29, 1.82) is 0 Å². The Balaban J connectivity index is 1.42. The van der Waals surface area contributed by atoms with Crippen molar-refractivity contribution in [3.63, 3.8) is 0 Å². The van der Waals surface area contributed by atoms with Gasteiger partial charge in [-0.05, 0) is 37.1 Å². The monoisotopic (exact) mass is 421 g/mol. The van der Waals surface area contributed by atoms with E-state index in [2.05, 4.69) is 20.9 Å². The summed E-state index contributed by atoms with van der Waals surface area (Å²) in [5, 5.41) is 13.6. The molecule has 0 spiro atoms. The Labute approximate surface area is 179 Å². The molecule has 0 unspecified atom stereocenters. The van der Waals surface area contributed by atoms with Gasteiger partial charge >= 0.3 is 0 Å². The number of para-hydroxylation sites is 1. The van der Waals surface area contributed by atoms with Crippen molar-refractivity contribution in [1.82, 2.24) is 15.0 Å². The van der Waals surface area contributed by atoms with Gasteiger partial charge in [-0.1, -0.05) is 30.3 Å². The largest absolute Gasteiger partial charge is 0.486 e. The van der Waals surface area contributed by atoms with Crippen molar-refractivity contribution in [2.75, 3.05) is 23.8 Å². The van der Waals surface area contributed by atoms with Gasteiger partial charge < -0.3 is 20.1 Å². The molecule has 31 heavy (non-hydrogen) atoms. The van der Waals surface area contributed by atoms with Crippen molar-refractivity contribution in [3.05, 3.63) is 59.4 Å². The first-order valence-corrected chi connectivity index (χ1v) is 10.0. The zero-order valence-corrected chi connectivity index (χ0v) is 17.3. The van der Waals surface area contributed by atoms with Gasteiger partial charge in [0.15, 0.2) is 17.2 Å². The van der Waals surface area contributed by atoms with Crippen LogP contribution in [0.5, 0.6) is 11.5 Å². The maximum absolute atomic E-state index is 12.7. The molecule has 3 aromatic rings. The van der Waals surface area contributed by atoms with Crippen LogP contribution in [0.15, 0.2) is 42.5 Å². The fourth-order valence-corrected chi connectivity index (χ4v) is 3.31. The number of anilines is 2. The van der Waals surface area contributed by atoms with E-state index in [0.717, 1.165) is 17.7 Å². The number of aromatic nitrogens is 3. The minimum atomic E-state index is -0.364. The van der Waals surface area contributed by atoms with E-state index in [1.807, 2.05) is 31.2 Å². The Morgan fingerprint density at radius 2 is 1.84 bits per heavy atom. The van der Waals surface area contributed by atoms with Crippen LogP contribution < -0.4 is 20.1 Å². The van der Waals surface area contributed by atoms with Crippen LogP contribution in [-0.2, 0) is 17.8 Å². The average Bonchev–Trinajstić information content (AvgIpc) is 3.14. The van der Waals surface area contributed by atoms with Gasteiger partial charge in [0.25, 0.3) is 5.91 Å². The van der Waals surface area contributed by atoms with Crippen LogP contribution in [0.1, 0.15) is 28.7 Å².